The fourth-order valence-corrected chi connectivity index (χ4v) is 2.86. The van der Waals surface area contributed by atoms with Gasteiger partial charge in [-0.1, -0.05) is 0 Å². The normalized spacial score (nSPS) is 11.4. The first-order chi connectivity index (χ1) is 10.8. The van der Waals surface area contributed by atoms with Gasteiger partial charge in [-0.15, -0.1) is 35.3 Å². The molecule has 0 radical (unpaired) electrons. The second-order valence-electron chi connectivity index (χ2n) is 4.80. The summed E-state index contributed by atoms with van der Waals surface area (Å²) in [7, 11) is 1.77. The predicted octanol–water partition coefficient (Wildman–Crippen LogP) is 1.97. The van der Waals surface area contributed by atoms with E-state index in [1.807, 2.05) is 39.1 Å². The number of fused-ring (bicyclic) bond motifs is 1. The zero-order valence-electron chi connectivity index (χ0n) is 12.8. The standard InChI is InChI=1S/C14H19N7S.HI/c1-15-13(16-4-2-6-21-7-3-5-18-21)17-10-12-11-20-8-9-22-14(20)19-12;/h3,5,7-9,11H,2,4,6,10H2,1H3,(H2,15,16,17);1H. The van der Waals surface area contributed by atoms with Crippen molar-refractivity contribution < 1.29 is 0 Å². The summed E-state index contributed by atoms with van der Waals surface area (Å²) in [5.41, 5.74) is 1.01. The molecule has 0 aliphatic heterocycles. The van der Waals surface area contributed by atoms with Gasteiger partial charge in [-0.05, 0) is 12.5 Å². The summed E-state index contributed by atoms with van der Waals surface area (Å²) < 4.78 is 3.96. The Balaban J connectivity index is 0.00000192. The van der Waals surface area contributed by atoms with Crippen LogP contribution in [0.3, 0.4) is 0 Å². The number of thiazole rings is 1. The zero-order chi connectivity index (χ0) is 15.2. The maximum atomic E-state index is 4.53. The van der Waals surface area contributed by atoms with Gasteiger partial charge in [0.2, 0.25) is 0 Å². The predicted molar refractivity (Wildman–Crippen MR) is 104 cm³/mol. The number of hydrogen-bond donors (Lipinski definition) is 2. The van der Waals surface area contributed by atoms with Crippen LogP contribution in [0.2, 0.25) is 0 Å². The Morgan fingerprint density at radius 3 is 3.00 bits per heavy atom. The van der Waals surface area contributed by atoms with E-state index in [0.29, 0.717) is 6.54 Å². The van der Waals surface area contributed by atoms with Gasteiger partial charge in [-0.2, -0.15) is 5.10 Å². The maximum absolute atomic E-state index is 4.53. The molecule has 0 aliphatic carbocycles. The fourth-order valence-electron chi connectivity index (χ4n) is 2.14. The lowest BCUT2D eigenvalue weighted by atomic mass is 10.4. The highest BCUT2D eigenvalue weighted by molar-refractivity contribution is 14.0. The number of guanidine groups is 1. The van der Waals surface area contributed by atoms with Crippen LogP contribution in [0.25, 0.3) is 4.96 Å². The average Bonchev–Trinajstić information content (AvgIpc) is 3.23. The molecule has 0 bridgehead atoms. The van der Waals surface area contributed by atoms with E-state index in [4.69, 9.17) is 0 Å². The third-order valence-corrected chi connectivity index (χ3v) is 3.99. The Hall–Kier alpha value is -1.62. The van der Waals surface area contributed by atoms with Crippen LogP contribution in [0.15, 0.2) is 41.2 Å². The number of hydrogen-bond acceptors (Lipinski definition) is 4. The van der Waals surface area contributed by atoms with Crippen molar-refractivity contribution in [2.75, 3.05) is 13.6 Å². The van der Waals surface area contributed by atoms with Crippen LogP contribution < -0.4 is 10.6 Å². The number of halogens is 1. The van der Waals surface area contributed by atoms with E-state index in [2.05, 4.69) is 25.7 Å². The van der Waals surface area contributed by atoms with Crippen molar-refractivity contribution in [2.24, 2.45) is 4.99 Å². The monoisotopic (exact) mass is 445 g/mol. The molecule has 23 heavy (non-hydrogen) atoms. The van der Waals surface area contributed by atoms with Gasteiger partial charge in [0.05, 0.1) is 12.2 Å². The second kappa shape index (κ2) is 8.87. The van der Waals surface area contributed by atoms with Crippen LogP contribution in [0, 0.1) is 0 Å². The molecule has 0 fully saturated rings. The Bertz CT molecular complexity index is 703. The summed E-state index contributed by atoms with van der Waals surface area (Å²) in [6.07, 6.45) is 8.80. The molecule has 3 aromatic heterocycles. The minimum atomic E-state index is 0. The van der Waals surface area contributed by atoms with Crippen LogP contribution in [-0.2, 0) is 13.1 Å². The highest BCUT2D eigenvalue weighted by atomic mass is 127. The van der Waals surface area contributed by atoms with Crippen molar-refractivity contribution >= 4 is 46.2 Å². The van der Waals surface area contributed by atoms with Crippen LogP contribution in [0.1, 0.15) is 12.1 Å². The highest BCUT2D eigenvalue weighted by Crippen LogP contribution is 2.10. The molecule has 0 unspecified atom stereocenters. The van der Waals surface area contributed by atoms with Gasteiger partial charge >= 0.3 is 0 Å². The number of rotatable bonds is 6. The van der Waals surface area contributed by atoms with Gasteiger partial charge in [-0.25, -0.2) is 4.98 Å². The molecule has 0 atom stereocenters. The Labute approximate surface area is 155 Å². The summed E-state index contributed by atoms with van der Waals surface area (Å²) in [4.78, 5) is 9.77. The molecule has 3 rings (SSSR count). The number of aryl methyl sites for hydroxylation is 1. The fraction of sp³-hybridized carbons (Fsp3) is 0.357. The lowest BCUT2D eigenvalue weighted by molar-refractivity contribution is 0.570. The number of aromatic nitrogens is 4. The third-order valence-electron chi connectivity index (χ3n) is 3.22. The lowest BCUT2D eigenvalue weighted by Gasteiger charge is -2.10. The Morgan fingerprint density at radius 2 is 2.26 bits per heavy atom. The van der Waals surface area contributed by atoms with E-state index >= 15 is 0 Å². The smallest absolute Gasteiger partial charge is 0.193 e. The van der Waals surface area contributed by atoms with E-state index < -0.39 is 0 Å². The topological polar surface area (TPSA) is 71.5 Å². The summed E-state index contributed by atoms with van der Waals surface area (Å²) >= 11 is 1.63. The van der Waals surface area contributed by atoms with Crippen molar-refractivity contribution in [3.63, 3.8) is 0 Å². The van der Waals surface area contributed by atoms with Gasteiger partial charge in [0.15, 0.2) is 10.9 Å². The number of aliphatic imine (C=N–C) groups is 1. The van der Waals surface area contributed by atoms with Gasteiger partial charge < -0.3 is 10.6 Å². The van der Waals surface area contributed by atoms with Gasteiger partial charge in [0.1, 0.15) is 0 Å². The summed E-state index contributed by atoms with van der Waals surface area (Å²) in [5, 5.41) is 12.8. The Kier molecular flexibility index (Phi) is 6.84. The number of nitrogens with one attached hydrogen (secondary N) is 2. The summed E-state index contributed by atoms with van der Waals surface area (Å²) in [6, 6.07) is 1.93. The molecule has 3 heterocycles. The SMILES string of the molecule is CN=C(NCCCn1cccn1)NCc1cn2ccsc2n1.I. The minimum Gasteiger partial charge on any atom is -0.356 e. The van der Waals surface area contributed by atoms with E-state index in [-0.39, 0.29) is 24.0 Å². The molecule has 0 saturated carbocycles. The molecule has 0 amide bonds. The van der Waals surface area contributed by atoms with Crippen LogP contribution in [0.5, 0.6) is 0 Å². The molecule has 0 aromatic carbocycles. The first kappa shape index (κ1) is 17.7. The quantitative estimate of drug-likeness (QED) is 0.264. The molecule has 124 valence electrons. The Morgan fingerprint density at radius 1 is 1.35 bits per heavy atom. The number of nitrogens with zero attached hydrogens (tertiary/aromatic N) is 5. The van der Waals surface area contributed by atoms with Gasteiger partial charge in [-0.3, -0.25) is 14.1 Å². The van der Waals surface area contributed by atoms with Crippen molar-refractivity contribution in [1.29, 1.82) is 0 Å². The van der Waals surface area contributed by atoms with Crippen molar-refractivity contribution in [3.8, 4) is 0 Å². The van der Waals surface area contributed by atoms with Crippen molar-refractivity contribution in [3.05, 3.63) is 41.9 Å². The third kappa shape index (κ3) is 4.93. The van der Waals surface area contributed by atoms with Crippen molar-refractivity contribution in [2.45, 2.75) is 19.5 Å². The number of imidazole rings is 1. The average molecular weight is 445 g/mol. The molecule has 0 aliphatic rings. The molecular formula is C14H20IN7S. The van der Waals surface area contributed by atoms with Crippen LogP contribution >= 0.6 is 35.3 Å². The van der Waals surface area contributed by atoms with E-state index in [1.165, 1.54) is 0 Å². The zero-order valence-corrected chi connectivity index (χ0v) is 16.0. The minimum absolute atomic E-state index is 0. The highest BCUT2D eigenvalue weighted by Gasteiger charge is 2.03. The van der Waals surface area contributed by atoms with Crippen LogP contribution in [-0.4, -0.2) is 38.7 Å². The lowest BCUT2D eigenvalue weighted by Crippen LogP contribution is -2.37. The second-order valence-corrected chi connectivity index (χ2v) is 5.67. The van der Waals surface area contributed by atoms with Gasteiger partial charge in [0.25, 0.3) is 0 Å². The molecule has 7 nitrogen and oxygen atoms in total. The van der Waals surface area contributed by atoms with E-state index in [9.17, 15) is 0 Å². The van der Waals surface area contributed by atoms with Gasteiger partial charge in [0, 0.05) is 50.3 Å². The van der Waals surface area contributed by atoms with E-state index in [0.717, 1.165) is 36.1 Å². The van der Waals surface area contributed by atoms with Crippen molar-refractivity contribution in [1.82, 2.24) is 29.8 Å². The first-order valence-electron chi connectivity index (χ1n) is 7.18. The molecule has 0 saturated heterocycles. The molecular weight excluding hydrogens is 425 g/mol. The molecule has 3 aromatic rings. The molecule has 0 spiro atoms. The molecule has 9 heteroatoms. The van der Waals surface area contributed by atoms with E-state index in [1.54, 1.807) is 24.6 Å². The summed E-state index contributed by atoms with van der Waals surface area (Å²) in [6.45, 7) is 2.40. The largest absolute Gasteiger partial charge is 0.356 e. The first-order valence-corrected chi connectivity index (χ1v) is 8.06. The van der Waals surface area contributed by atoms with Crippen LogP contribution in [0.4, 0.5) is 0 Å². The maximum Gasteiger partial charge on any atom is 0.193 e. The molecule has 2 N–H and O–H groups in total. The summed E-state index contributed by atoms with van der Waals surface area (Å²) in [5.74, 6) is 0.789.